The van der Waals surface area contributed by atoms with E-state index in [0.717, 1.165) is 41.7 Å². The van der Waals surface area contributed by atoms with Gasteiger partial charge < -0.3 is 10.4 Å². The number of hydrogen-bond donors (Lipinski definition) is 2. The number of nitrogens with zero attached hydrogens (tertiary/aromatic N) is 1. The van der Waals surface area contributed by atoms with E-state index in [1.807, 2.05) is 0 Å². The van der Waals surface area contributed by atoms with Gasteiger partial charge in [0.05, 0.1) is 19.6 Å². The topological polar surface area (TPSA) is 32.3 Å². The van der Waals surface area contributed by atoms with Crippen LogP contribution in [-0.4, -0.2) is 34.9 Å². The lowest BCUT2D eigenvalue weighted by Crippen LogP contribution is -2.74. The fourth-order valence-corrected chi connectivity index (χ4v) is 6.11. The summed E-state index contributed by atoms with van der Waals surface area (Å²) >= 11 is 0. The summed E-state index contributed by atoms with van der Waals surface area (Å²) in [4.78, 5) is 0. The highest BCUT2D eigenvalue weighted by molar-refractivity contribution is 5.63. The van der Waals surface area contributed by atoms with Gasteiger partial charge in [-0.05, 0) is 25.0 Å². The summed E-state index contributed by atoms with van der Waals surface area (Å²) in [6.07, 6.45) is 9.21. The van der Waals surface area contributed by atoms with Crippen LogP contribution in [0, 0.1) is 5.41 Å². The van der Waals surface area contributed by atoms with Crippen molar-refractivity contribution in [3.8, 4) is 0 Å². The van der Waals surface area contributed by atoms with Crippen LogP contribution in [0.25, 0.3) is 0 Å². The molecule has 0 aromatic heterocycles. The summed E-state index contributed by atoms with van der Waals surface area (Å²) < 4.78 is 1.03. The first-order chi connectivity index (χ1) is 10.6. The molecule has 5 rings (SSSR count). The first-order valence-electron chi connectivity index (χ1n) is 8.73. The molecule has 4 aliphatic heterocycles. The Hall–Kier alpha value is -1.32. The first kappa shape index (κ1) is 13.1. The van der Waals surface area contributed by atoms with Crippen molar-refractivity contribution in [2.45, 2.75) is 43.9 Å². The molecule has 3 nitrogen and oxygen atoms in total. The van der Waals surface area contributed by atoms with Gasteiger partial charge in [-0.15, -0.1) is 0 Å². The Bertz CT molecular complexity index is 686. The molecule has 0 radical (unpaired) electrons. The zero-order chi connectivity index (χ0) is 15.1. The number of piperidine rings is 1. The van der Waals surface area contributed by atoms with Crippen molar-refractivity contribution in [1.29, 1.82) is 0 Å². The third-order valence-corrected chi connectivity index (χ3v) is 7.34. The van der Waals surface area contributed by atoms with Crippen LogP contribution < -0.4 is 5.32 Å². The molecule has 2 saturated heterocycles. The Labute approximate surface area is 132 Å². The first-order valence-corrected chi connectivity index (χ1v) is 8.73. The van der Waals surface area contributed by atoms with E-state index in [4.69, 9.17) is 0 Å². The number of anilines is 1. The van der Waals surface area contributed by atoms with E-state index in [0.29, 0.717) is 5.41 Å². The van der Waals surface area contributed by atoms with E-state index in [-0.39, 0.29) is 5.66 Å². The van der Waals surface area contributed by atoms with Gasteiger partial charge in [0.25, 0.3) is 0 Å². The fourth-order valence-electron chi connectivity index (χ4n) is 6.11. The molecule has 0 amide bonds. The molecule has 22 heavy (non-hydrogen) atoms. The summed E-state index contributed by atoms with van der Waals surface area (Å²) in [5, 5.41) is 15.6. The van der Waals surface area contributed by atoms with Crippen LogP contribution in [-0.2, 0) is 5.60 Å². The number of aliphatic hydroxyl groups is 1. The molecule has 3 heteroatoms. The van der Waals surface area contributed by atoms with Gasteiger partial charge in [0, 0.05) is 29.5 Å². The van der Waals surface area contributed by atoms with Gasteiger partial charge in [0.1, 0.15) is 0 Å². The average molecular weight is 297 g/mol. The van der Waals surface area contributed by atoms with Crippen LogP contribution in [0.5, 0.6) is 0 Å². The molecule has 116 valence electrons. The third-order valence-electron chi connectivity index (χ3n) is 7.34. The van der Waals surface area contributed by atoms with Crippen LogP contribution >= 0.6 is 0 Å². The van der Waals surface area contributed by atoms with Gasteiger partial charge in [0.2, 0.25) is 5.66 Å². The molecule has 2 N–H and O–H groups in total. The molecule has 0 saturated carbocycles. The second-order valence-electron chi connectivity index (χ2n) is 7.97. The Morgan fingerprint density at radius 3 is 2.95 bits per heavy atom. The smallest absolute Gasteiger partial charge is 0.206 e. The fraction of sp³-hybridized carbons (Fsp3) is 0.579. The van der Waals surface area contributed by atoms with E-state index in [2.05, 4.69) is 48.7 Å². The Morgan fingerprint density at radius 1 is 1.23 bits per heavy atom. The van der Waals surface area contributed by atoms with Crippen molar-refractivity contribution < 1.29 is 9.59 Å². The van der Waals surface area contributed by atoms with Crippen molar-refractivity contribution in [3.05, 3.63) is 42.0 Å². The SMILES string of the molecule is CC[C@@]12C=CC[N+]3(CC[C@]4(O)c5ccccc5N[C@@]43CC1)C2. The molecule has 2 fully saturated rings. The summed E-state index contributed by atoms with van der Waals surface area (Å²) in [5.41, 5.74) is 1.73. The molecule has 1 unspecified atom stereocenters. The van der Waals surface area contributed by atoms with Gasteiger partial charge in [0.15, 0.2) is 5.60 Å². The molecule has 0 aliphatic carbocycles. The van der Waals surface area contributed by atoms with Gasteiger partial charge in [-0.1, -0.05) is 31.2 Å². The maximum absolute atomic E-state index is 11.7. The van der Waals surface area contributed by atoms with Crippen molar-refractivity contribution in [2.75, 3.05) is 25.0 Å². The molecule has 2 spiro atoms. The van der Waals surface area contributed by atoms with Crippen molar-refractivity contribution in [2.24, 2.45) is 5.41 Å². The lowest BCUT2D eigenvalue weighted by atomic mass is 9.68. The van der Waals surface area contributed by atoms with E-state index < -0.39 is 5.60 Å². The van der Waals surface area contributed by atoms with Gasteiger partial charge >= 0.3 is 0 Å². The van der Waals surface area contributed by atoms with Crippen molar-refractivity contribution in [1.82, 2.24) is 0 Å². The second kappa shape index (κ2) is 3.77. The highest BCUT2D eigenvalue weighted by Crippen LogP contribution is 2.63. The van der Waals surface area contributed by atoms with Crippen molar-refractivity contribution >= 4 is 5.69 Å². The summed E-state index contributed by atoms with van der Waals surface area (Å²) in [7, 11) is 0. The Balaban J connectivity index is 1.70. The zero-order valence-corrected chi connectivity index (χ0v) is 13.3. The maximum Gasteiger partial charge on any atom is 0.206 e. The van der Waals surface area contributed by atoms with Crippen LogP contribution in [0.4, 0.5) is 5.69 Å². The second-order valence-corrected chi connectivity index (χ2v) is 7.97. The Kier molecular flexibility index (Phi) is 2.25. The predicted molar refractivity (Wildman–Crippen MR) is 87.3 cm³/mol. The van der Waals surface area contributed by atoms with E-state index >= 15 is 0 Å². The molecule has 2 bridgehead atoms. The minimum Gasteiger partial charge on any atom is -0.377 e. The quantitative estimate of drug-likeness (QED) is 0.617. The molecule has 4 heterocycles. The molecular weight excluding hydrogens is 272 g/mol. The number of para-hydroxylation sites is 1. The van der Waals surface area contributed by atoms with E-state index in [1.54, 1.807) is 0 Å². The lowest BCUT2D eigenvalue weighted by Gasteiger charge is -2.59. The van der Waals surface area contributed by atoms with E-state index in [9.17, 15) is 5.11 Å². The lowest BCUT2D eigenvalue weighted by molar-refractivity contribution is -0.972. The van der Waals surface area contributed by atoms with Crippen LogP contribution in [0.2, 0.25) is 0 Å². The number of benzene rings is 1. The minimum atomic E-state index is -0.700. The predicted octanol–water partition coefficient (Wildman–Crippen LogP) is 2.98. The summed E-state index contributed by atoms with van der Waals surface area (Å²) in [6, 6.07) is 8.40. The van der Waals surface area contributed by atoms with Gasteiger partial charge in [-0.3, -0.25) is 4.48 Å². The molecular formula is C19H25N2O+. The van der Waals surface area contributed by atoms with E-state index in [1.165, 1.54) is 19.4 Å². The number of hydrogen-bond acceptors (Lipinski definition) is 2. The average Bonchev–Trinajstić information content (AvgIpc) is 2.94. The van der Waals surface area contributed by atoms with Gasteiger partial charge in [-0.25, -0.2) is 0 Å². The molecule has 4 aliphatic rings. The molecule has 4 atom stereocenters. The van der Waals surface area contributed by atoms with Gasteiger partial charge in [-0.2, -0.15) is 0 Å². The van der Waals surface area contributed by atoms with Crippen LogP contribution in [0.3, 0.4) is 0 Å². The number of fused-ring (bicyclic) bond motifs is 3. The molecule has 1 aromatic rings. The molecule has 1 aromatic carbocycles. The normalized spacial score (nSPS) is 47.5. The highest BCUT2D eigenvalue weighted by Gasteiger charge is 2.75. The highest BCUT2D eigenvalue weighted by atomic mass is 16.3. The van der Waals surface area contributed by atoms with Crippen LogP contribution in [0.15, 0.2) is 36.4 Å². The number of nitrogens with one attached hydrogen (secondary N) is 1. The number of quaternary nitrogens is 1. The zero-order valence-electron chi connectivity index (χ0n) is 13.3. The monoisotopic (exact) mass is 297 g/mol. The summed E-state index contributed by atoms with van der Waals surface area (Å²) in [6.45, 7) is 5.65. The standard InChI is InChI=1S/C19H25N2O/c1-2-17-8-5-12-21(14-17)13-11-18(22)15-6-3-4-7-16(15)20-19(18,21)10-9-17/h3-8,20,22H,2,9-14H2,1H3/q+1/t17-,18+,19-,21?/m1/s1. The van der Waals surface area contributed by atoms with Crippen molar-refractivity contribution in [3.63, 3.8) is 0 Å². The largest absolute Gasteiger partial charge is 0.377 e. The minimum absolute atomic E-state index is 0.208. The number of rotatable bonds is 1. The summed E-state index contributed by atoms with van der Waals surface area (Å²) in [5.74, 6) is 0. The third kappa shape index (κ3) is 1.20. The maximum atomic E-state index is 11.7. The Morgan fingerprint density at radius 2 is 2.09 bits per heavy atom. The van der Waals surface area contributed by atoms with Crippen LogP contribution in [0.1, 0.15) is 38.2 Å².